The Labute approximate surface area is 133 Å². The monoisotopic (exact) mass is 331 g/mol. The van der Waals surface area contributed by atoms with Crippen LogP contribution in [-0.4, -0.2) is 18.2 Å². The zero-order chi connectivity index (χ0) is 16.4. The maximum atomic E-state index is 13.0. The quantitative estimate of drug-likeness (QED) is 0.799. The van der Waals surface area contributed by atoms with Crippen LogP contribution in [0.25, 0.3) is 11.3 Å². The van der Waals surface area contributed by atoms with Crippen molar-refractivity contribution in [2.24, 2.45) is 7.05 Å². The maximum absolute atomic E-state index is 13.0. The van der Waals surface area contributed by atoms with Gasteiger partial charge in [-0.25, -0.2) is 12.8 Å². The Balaban J connectivity index is 1.99. The van der Waals surface area contributed by atoms with E-state index in [9.17, 15) is 12.8 Å². The second-order valence-electron chi connectivity index (χ2n) is 4.96. The molecule has 23 heavy (non-hydrogen) atoms. The number of aromatic nitrogens is 2. The SMILES string of the molecule is Cn1ncc(NS(=O)(=O)c2ccc(F)cc2)c1-c1ccccc1. The van der Waals surface area contributed by atoms with Gasteiger partial charge in [0.2, 0.25) is 0 Å². The summed E-state index contributed by atoms with van der Waals surface area (Å²) >= 11 is 0. The first kappa shape index (κ1) is 15.2. The lowest BCUT2D eigenvalue weighted by Crippen LogP contribution is -2.13. The summed E-state index contributed by atoms with van der Waals surface area (Å²) in [5.74, 6) is -0.490. The molecule has 0 amide bonds. The van der Waals surface area contributed by atoms with E-state index >= 15 is 0 Å². The third kappa shape index (κ3) is 3.09. The number of nitrogens with zero attached hydrogens (tertiary/aromatic N) is 2. The molecule has 0 atom stereocenters. The van der Waals surface area contributed by atoms with Crippen LogP contribution in [0.3, 0.4) is 0 Å². The van der Waals surface area contributed by atoms with E-state index in [0.717, 1.165) is 17.7 Å². The van der Waals surface area contributed by atoms with Crippen molar-refractivity contribution in [3.63, 3.8) is 0 Å². The molecule has 0 unspecified atom stereocenters. The smallest absolute Gasteiger partial charge is 0.262 e. The van der Waals surface area contributed by atoms with Crippen molar-refractivity contribution in [2.75, 3.05) is 4.72 Å². The number of aryl methyl sites for hydroxylation is 1. The lowest BCUT2D eigenvalue weighted by Gasteiger charge is -2.10. The van der Waals surface area contributed by atoms with Gasteiger partial charge in [0, 0.05) is 12.6 Å². The molecular weight excluding hydrogens is 317 g/mol. The Morgan fingerprint density at radius 2 is 1.70 bits per heavy atom. The van der Waals surface area contributed by atoms with Crippen LogP contribution in [-0.2, 0) is 17.1 Å². The lowest BCUT2D eigenvalue weighted by molar-refractivity contribution is 0.599. The number of nitrogens with one attached hydrogen (secondary N) is 1. The molecular formula is C16H14FN3O2S. The summed E-state index contributed by atoms with van der Waals surface area (Å²) in [5, 5.41) is 4.11. The van der Waals surface area contributed by atoms with Crippen LogP contribution in [0.1, 0.15) is 0 Å². The maximum Gasteiger partial charge on any atom is 0.262 e. The van der Waals surface area contributed by atoms with Crippen LogP contribution in [0.5, 0.6) is 0 Å². The first-order valence-electron chi connectivity index (χ1n) is 6.83. The summed E-state index contributed by atoms with van der Waals surface area (Å²) in [6.07, 6.45) is 1.45. The van der Waals surface area contributed by atoms with Crippen molar-refractivity contribution in [3.8, 4) is 11.3 Å². The van der Waals surface area contributed by atoms with Gasteiger partial charge >= 0.3 is 0 Å². The molecule has 0 radical (unpaired) electrons. The number of rotatable bonds is 4. The van der Waals surface area contributed by atoms with Gasteiger partial charge in [-0.05, 0) is 24.3 Å². The van der Waals surface area contributed by atoms with E-state index in [2.05, 4.69) is 9.82 Å². The zero-order valence-electron chi connectivity index (χ0n) is 12.3. The minimum Gasteiger partial charge on any atom is -0.276 e. The highest BCUT2D eigenvalue weighted by Crippen LogP contribution is 2.29. The number of anilines is 1. The molecule has 0 aliphatic heterocycles. The van der Waals surface area contributed by atoms with Gasteiger partial charge in [-0.3, -0.25) is 9.40 Å². The van der Waals surface area contributed by atoms with E-state index in [1.807, 2.05) is 30.3 Å². The minimum absolute atomic E-state index is 0.0123. The summed E-state index contributed by atoms with van der Waals surface area (Å²) in [6.45, 7) is 0. The normalized spacial score (nSPS) is 11.4. The van der Waals surface area contributed by atoms with E-state index in [1.165, 1.54) is 18.3 Å². The molecule has 0 saturated carbocycles. The van der Waals surface area contributed by atoms with Gasteiger partial charge in [0.05, 0.1) is 22.5 Å². The van der Waals surface area contributed by atoms with E-state index in [4.69, 9.17) is 0 Å². The molecule has 0 saturated heterocycles. The van der Waals surface area contributed by atoms with Gasteiger partial charge in [-0.15, -0.1) is 0 Å². The summed E-state index contributed by atoms with van der Waals surface area (Å²) in [7, 11) is -2.08. The Kier molecular flexibility index (Phi) is 3.87. The van der Waals surface area contributed by atoms with E-state index < -0.39 is 15.8 Å². The molecule has 3 aromatic rings. The molecule has 5 nitrogen and oxygen atoms in total. The van der Waals surface area contributed by atoms with Gasteiger partial charge in [-0.2, -0.15) is 5.10 Å². The molecule has 1 N–H and O–H groups in total. The van der Waals surface area contributed by atoms with Crippen molar-refractivity contribution in [1.29, 1.82) is 0 Å². The summed E-state index contributed by atoms with van der Waals surface area (Å²) in [4.78, 5) is -0.0123. The number of halogens is 1. The molecule has 7 heteroatoms. The number of hydrogen-bond donors (Lipinski definition) is 1. The van der Waals surface area contributed by atoms with Crippen LogP contribution >= 0.6 is 0 Å². The number of benzene rings is 2. The molecule has 0 spiro atoms. The highest BCUT2D eigenvalue weighted by molar-refractivity contribution is 7.92. The minimum atomic E-state index is -3.82. The highest BCUT2D eigenvalue weighted by Gasteiger charge is 2.19. The molecule has 0 aliphatic carbocycles. The Hall–Kier alpha value is -2.67. The first-order chi connectivity index (χ1) is 11.0. The Morgan fingerprint density at radius 1 is 1.04 bits per heavy atom. The predicted octanol–water partition coefficient (Wildman–Crippen LogP) is 3.03. The fraction of sp³-hybridized carbons (Fsp3) is 0.0625. The van der Waals surface area contributed by atoms with Crippen molar-refractivity contribution < 1.29 is 12.8 Å². The Bertz CT molecular complexity index is 920. The second kappa shape index (κ2) is 5.85. The van der Waals surface area contributed by atoms with Crippen molar-refractivity contribution in [1.82, 2.24) is 9.78 Å². The number of sulfonamides is 1. The van der Waals surface area contributed by atoms with Gasteiger partial charge < -0.3 is 0 Å². The van der Waals surface area contributed by atoms with Gasteiger partial charge in [0.15, 0.2) is 0 Å². The molecule has 2 aromatic carbocycles. The average molecular weight is 331 g/mol. The molecule has 0 fully saturated rings. The summed E-state index contributed by atoms with van der Waals surface area (Å²) < 4.78 is 41.9. The van der Waals surface area contributed by atoms with Gasteiger partial charge in [0.25, 0.3) is 10.0 Å². The van der Waals surface area contributed by atoms with Crippen LogP contribution < -0.4 is 4.72 Å². The fourth-order valence-electron chi connectivity index (χ4n) is 2.27. The van der Waals surface area contributed by atoms with Gasteiger partial charge in [0.1, 0.15) is 5.82 Å². The van der Waals surface area contributed by atoms with Crippen LogP contribution in [0, 0.1) is 5.82 Å². The van der Waals surface area contributed by atoms with Crippen LogP contribution in [0.2, 0.25) is 0 Å². The number of hydrogen-bond acceptors (Lipinski definition) is 3. The molecule has 118 valence electrons. The molecule has 0 aliphatic rings. The fourth-order valence-corrected chi connectivity index (χ4v) is 3.32. The topological polar surface area (TPSA) is 64.0 Å². The van der Waals surface area contributed by atoms with Gasteiger partial charge in [-0.1, -0.05) is 30.3 Å². The lowest BCUT2D eigenvalue weighted by atomic mass is 10.1. The zero-order valence-corrected chi connectivity index (χ0v) is 13.1. The molecule has 1 aromatic heterocycles. The second-order valence-corrected chi connectivity index (χ2v) is 6.64. The molecule has 0 bridgehead atoms. The summed E-state index contributed by atoms with van der Waals surface area (Å²) in [5.41, 5.74) is 1.85. The van der Waals surface area contributed by atoms with Crippen LogP contribution in [0.15, 0.2) is 65.7 Å². The Morgan fingerprint density at radius 3 is 2.35 bits per heavy atom. The third-order valence-electron chi connectivity index (χ3n) is 3.35. The largest absolute Gasteiger partial charge is 0.276 e. The van der Waals surface area contributed by atoms with Crippen LogP contribution in [0.4, 0.5) is 10.1 Å². The molecule has 3 rings (SSSR count). The summed E-state index contributed by atoms with van der Waals surface area (Å²) in [6, 6.07) is 14.0. The first-order valence-corrected chi connectivity index (χ1v) is 8.31. The third-order valence-corrected chi connectivity index (χ3v) is 4.74. The highest BCUT2D eigenvalue weighted by atomic mass is 32.2. The predicted molar refractivity (Wildman–Crippen MR) is 85.9 cm³/mol. The standard InChI is InChI=1S/C16H14FN3O2S/c1-20-16(12-5-3-2-4-6-12)15(11-18-20)19-23(21,22)14-9-7-13(17)8-10-14/h2-11,19H,1H3. The van der Waals surface area contributed by atoms with Crippen molar-refractivity contribution in [3.05, 3.63) is 66.6 Å². The van der Waals surface area contributed by atoms with E-state index in [-0.39, 0.29) is 4.90 Å². The molecule has 1 heterocycles. The van der Waals surface area contributed by atoms with Crippen molar-refractivity contribution >= 4 is 15.7 Å². The van der Waals surface area contributed by atoms with E-state index in [1.54, 1.807) is 11.7 Å². The average Bonchev–Trinajstić information content (AvgIpc) is 2.88. The van der Waals surface area contributed by atoms with E-state index in [0.29, 0.717) is 11.4 Å². The van der Waals surface area contributed by atoms with Crippen molar-refractivity contribution in [2.45, 2.75) is 4.90 Å².